The Morgan fingerprint density at radius 3 is 2.19 bits per heavy atom. The zero-order chi connectivity index (χ0) is 37.9. The van der Waals surface area contributed by atoms with Gasteiger partial charge in [0, 0.05) is 46.4 Å². The predicted octanol–water partition coefficient (Wildman–Crippen LogP) is 8.99. The minimum atomic E-state index is -4.74. The van der Waals surface area contributed by atoms with Crippen molar-refractivity contribution in [3.8, 4) is 0 Å². The fraction of sp³-hybridized carbons (Fsp3) is 0.310. The Bertz CT molecular complexity index is 2550. The quantitative estimate of drug-likeness (QED) is 0.133. The molecule has 1 atom stereocenters. The molecule has 276 valence electrons. The predicted molar refractivity (Wildman–Crippen MR) is 214 cm³/mol. The second kappa shape index (κ2) is 13.7. The summed E-state index contributed by atoms with van der Waals surface area (Å²) in [4.78, 5) is 1.97. The normalized spacial score (nSPS) is 20.5. The van der Waals surface area contributed by atoms with E-state index in [0.29, 0.717) is 11.5 Å². The number of benzene rings is 4. The second-order valence-electron chi connectivity index (χ2n) is 15.2. The fourth-order valence-corrected chi connectivity index (χ4v) is 9.97. The van der Waals surface area contributed by atoms with Crippen molar-refractivity contribution in [2.24, 2.45) is 0 Å². The Kier molecular flexibility index (Phi) is 9.60. The van der Waals surface area contributed by atoms with Crippen LogP contribution in [0.15, 0.2) is 119 Å². The molecule has 0 bridgehead atoms. The van der Waals surface area contributed by atoms with Gasteiger partial charge in [-0.25, -0.2) is 8.42 Å². The molecular formula is C42H43ClN2O6S2. The number of halogens is 1. The fourth-order valence-electron chi connectivity index (χ4n) is 8.44. The zero-order valence-corrected chi connectivity index (χ0v) is 32.6. The molecule has 11 heteroatoms. The first kappa shape index (κ1) is 37.3. The number of allylic oxidation sites excluding steroid dienone is 7. The maximum absolute atomic E-state index is 12.8. The van der Waals surface area contributed by atoms with Crippen LogP contribution < -0.4 is 4.90 Å². The van der Waals surface area contributed by atoms with E-state index in [4.69, 9.17) is 11.6 Å². The average Bonchev–Trinajstić information content (AvgIpc) is 3.50. The molecule has 8 nitrogen and oxygen atoms in total. The SMILES string of the molecule is CC1(C)C=[N+](C(CC=CC2=C(Cl)C(=CC=C3N(CCS(=O)(=O)O)c4ccc5ccccc5c4C3(C)C)CCC2)S(=O)(=O)[O-])c2ccc3ccccc3c21. The van der Waals surface area contributed by atoms with E-state index in [-0.39, 0.29) is 13.0 Å². The molecular weight excluding hydrogens is 728 g/mol. The summed E-state index contributed by atoms with van der Waals surface area (Å²) >= 11 is 7.03. The molecule has 0 fully saturated rings. The van der Waals surface area contributed by atoms with Crippen molar-refractivity contribution in [3.05, 3.63) is 130 Å². The summed E-state index contributed by atoms with van der Waals surface area (Å²) in [6.07, 6.45) is 11.6. The number of anilines is 1. The van der Waals surface area contributed by atoms with Crippen molar-refractivity contribution >= 4 is 71.0 Å². The lowest BCUT2D eigenvalue weighted by atomic mass is 9.81. The Hall–Kier alpha value is -4.06. The highest BCUT2D eigenvalue weighted by atomic mass is 35.5. The van der Waals surface area contributed by atoms with Gasteiger partial charge in [0.05, 0.1) is 11.2 Å². The summed E-state index contributed by atoms with van der Waals surface area (Å²) in [6.45, 7) is 8.36. The smallest absolute Gasteiger partial charge is 0.266 e. The summed E-state index contributed by atoms with van der Waals surface area (Å²) in [5, 5.41) is 3.48. The molecule has 53 heavy (non-hydrogen) atoms. The van der Waals surface area contributed by atoms with Gasteiger partial charge >= 0.3 is 0 Å². The van der Waals surface area contributed by atoms with Crippen LogP contribution in [-0.4, -0.2) is 54.4 Å². The molecule has 3 aliphatic rings. The summed E-state index contributed by atoms with van der Waals surface area (Å²) in [5.74, 6) is -0.423. The van der Waals surface area contributed by atoms with Crippen LogP contribution in [0.3, 0.4) is 0 Å². The lowest BCUT2D eigenvalue weighted by molar-refractivity contribution is -0.452. The minimum absolute atomic E-state index is 0.0232. The van der Waals surface area contributed by atoms with Crippen LogP contribution >= 0.6 is 11.6 Å². The van der Waals surface area contributed by atoms with Crippen molar-refractivity contribution in [1.29, 1.82) is 0 Å². The van der Waals surface area contributed by atoms with Gasteiger partial charge in [-0.2, -0.15) is 13.0 Å². The number of rotatable bonds is 9. The van der Waals surface area contributed by atoms with E-state index in [1.54, 1.807) is 10.7 Å². The molecule has 0 saturated carbocycles. The lowest BCUT2D eigenvalue weighted by Gasteiger charge is -2.27. The molecule has 4 aromatic carbocycles. The number of hydrogen-bond donors (Lipinski definition) is 1. The molecule has 0 radical (unpaired) electrons. The van der Waals surface area contributed by atoms with Gasteiger partial charge in [-0.3, -0.25) is 4.55 Å². The lowest BCUT2D eigenvalue weighted by Crippen LogP contribution is -2.31. The molecule has 0 saturated heterocycles. The van der Waals surface area contributed by atoms with Crippen molar-refractivity contribution in [2.45, 2.75) is 69.6 Å². The van der Waals surface area contributed by atoms with Crippen molar-refractivity contribution < 1.29 is 30.5 Å². The summed E-state index contributed by atoms with van der Waals surface area (Å²) in [5.41, 5.74) is 5.35. The first-order valence-electron chi connectivity index (χ1n) is 17.8. The van der Waals surface area contributed by atoms with Crippen molar-refractivity contribution in [2.75, 3.05) is 17.2 Å². The largest absolute Gasteiger partial charge is 0.743 e. The molecule has 0 aromatic heterocycles. The minimum Gasteiger partial charge on any atom is -0.743 e. The highest BCUT2D eigenvalue weighted by Gasteiger charge is 2.44. The standard InChI is InChI=1S/C42H43ClN2O6S2/c1-41(2)27-45(34-22-19-28-11-5-7-16-32(28)38(34)41)37(53(49,50)51)18-10-15-30-13-9-14-31(40(30)43)21-24-36-42(3,4)39-33-17-8-6-12-29(33)20-23-35(39)44(36)25-26-52(46,47)48/h5-8,10-12,15-17,19-24,27,37H,9,13-14,18,25-26H2,1-4H3,(H-,46,47,48,49,50,51). The number of hydrogen-bond acceptors (Lipinski definition) is 6. The highest BCUT2D eigenvalue weighted by molar-refractivity contribution is 7.86. The van der Waals surface area contributed by atoms with E-state index in [0.717, 1.165) is 73.7 Å². The average molecular weight is 771 g/mol. The summed E-state index contributed by atoms with van der Waals surface area (Å²) < 4.78 is 73.4. The summed E-state index contributed by atoms with van der Waals surface area (Å²) in [6, 6.07) is 24.0. The molecule has 2 aliphatic heterocycles. The van der Waals surface area contributed by atoms with Gasteiger partial charge in [0.2, 0.25) is 11.1 Å². The van der Waals surface area contributed by atoms with Crippen LogP contribution in [-0.2, 0) is 31.1 Å². The van der Waals surface area contributed by atoms with Crippen molar-refractivity contribution in [3.63, 3.8) is 0 Å². The van der Waals surface area contributed by atoms with Gasteiger partial charge in [-0.15, -0.1) is 0 Å². The monoisotopic (exact) mass is 770 g/mol. The van der Waals surface area contributed by atoms with Crippen LogP contribution in [0.1, 0.15) is 64.5 Å². The van der Waals surface area contributed by atoms with Crippen LogP contribution in [0, 0.1) is 0 Å². The third kappa shape index (κ3) is 7.03. The van der Waals surface area contributed by atoms with Crippen LogP contribution in [0.2, 0.25) is 0 Å². The Labute approximate surface area is 317 Å². The molecule has 4 aromatic rings. The second-order valence-corrected chi connectivity index (χ2v) is 18.7. The van der Waals surface area contributed by atoms with E-state index in [1.807, 2.05) is 104 Å². The van der Waals surface area contributed by atoms with Gasteiger partial charge in [0.25, 0.3) is 10.1 Å². The van der Waals surface area contributed by atoms with Gasteiger partial charge < -0.3 is 9.45 Å². The maximum atomic E-state index is 12.8. The van der Waals surface area contributed by atoms with Crippen LogP contribution in [0.4, 0.5) is 11.4 Å². The van der Waals surface area contributed by atoms with Gasteiger partial charge in [-0.05, 0) is 89.6 Å². The first-order chi connectivity index (χ1) is 25.0. The molecule has 0 spiro atoms. The van der Waals surface area contributed by atoms with Crippen LogP contribution in [0.25, 0.3) is 21.5 Å². The first-order valence-corrected chi connectivity index (χ1v) is 21.3. The van der Waals surface area contributed by atoms with E-state index in [9.17, 15) is 25.9 Å². The molecule has 2 heterocycles. The topological polar surface area (TPSA) is 118 Å². The van der Waals surface area contributed by atoms with E-state index in [2.05, 4.69) is 26.0 Å². The van der Waals surface area contributed by atoms with Gasteiger partial charge in [0.15, 0.2) is 16.3 Å². The highest BCUT2D eigenvalue weighted by Crippen LogP contribution is 2.51. The number of fused-ring (bicyclic) bond motifs is 6. The summed E-state index contributed by atoms with van der Waals surface area (Å²) in [7, 11) is -8.95. The molecule has 1 N–H and O–H groups in total. The molecule has 7 rings (SSSR count). The van der Waals surface area contributed by atoms with Gasteiger partial charge in [0.1, 0.15) is 0 Å². The number of nitrogens with zero attached hydrogens (tertiary/aromatic N) is 2. The Morgan fingerprint density at radius 2 is 1.53 bits per heavy atom. The zero-order valence-electron chi connectivity index (χ0n) is 30.2. The third-order valence-corrected chi connectivity index (χ3v) is 13.1. The van der Waals surface area contributed by atoms with E-state index in [1.165, 1.54) is 0 Å². The van der Waals surface area contributed by atoms with Crippen LogP contribution in [0.5, 0.6) is 0 Å². The Balaban J connectivity index is 1.20. The van der Waals surface area contributed by atoms with Gasteiger partial charge in [-0.1, -0.05) is 98.3 Å². The van der Waals surface area contributed by atoms with E-state index >= 15 is 0 Å². The maximum Gasteiger partial charge on any atom is 0.266 e. The Morgan fingerprint density at radius 1 is 0.887 bits per heavy atom. The third-order valence-electron chi connectivity index (χ3n) is 10.8. The molecule has 0 amide bonds. The van der Waals surface area contributed by atoms with Crippen molar-refractivity contribution in [1.82, 2.24) is 0 Å². The molecule has 1 unspecified atom stereocenters. The van der Waals surface area contributed by atoms with E-state index < -0.39 is 42.2 Å². The molecule has 1 aliphatic carbocycles.